The summed E-state index contributed by atoms with van der Waals surface area (Å²) in [5.41, 5.74) is 8.16. The third-order valence-corrected chi connectivity index (χ3v) is 5.02. The smallest absolute Gasteiger partial charge is 0.255 e. The van der Waals surface area contributed by atoms with Crippen LogP contribution in [0.3, 0.4) is 0 Å². The van der Waals surface area contributed by atoms with E-state index in [-0.39, 0.29) is 12.6 Å². The maximum atomic E-state index is 10.8. The molecule has 6 heteroatoms. The fraction of sp³-hybridized carbons (Fsp3) is 0.269. The fourth-order valence-electron chi connectivity index (χ4n) is 3.26. The van der Waals surface area contributed by atoms with E-state index in [1.165, 1.54) is 0 Å². The second kappa shape index (κ2) is 11.9. The predicted molar refractivity (Wildman–Crippen MR) is 124 cm³/mol. The van der Waals surface area contributed by atoms with Crippen molar-refractivity contribution in [3.8, 4) is 11.5 Å². The number of hydrogen-bond donors (Lipinski definition) is 3. The molecule has 1 amide bonds. The van der Waals surface area contributed by atoms with Gasteiger partial charge in [-0.15, -0.1) is 0 Å². The summed E-state index contributed by atoms with van der Waals surface area (Å²) < 4.78 is 11.1. The van der Waals surface area contributed by atoms with Crippen LogP contribution in [0.25, 0.3) is 0 Å². The summed E-state index contributed by atoms with van der Waals surface area (Å²) in [4.78, 5) is 10.8. The molecule has 0 fully saturated rings. The number of benzene rings is 3. The molecular formula is C26H30N2O4. The minimum atomic E-state index is -0.606. The first-order valence-electron chi connectivity index (χ1n) is 10.7. The molecule has 0 unspecified atom stereocenters. The van der Waals surface area contributed by atoms with Crippen LogP contribution in [0, 0.1) is 0 Å². The molecule has 0 aliphatic heterocycles. The van der Waals surface area contributed by atoms with Gasteiger partial charge >= 0.3 is 0 Å². The van der Waals surface area contributed by atoms with Crippen LogP contribution in [0.5, 0.6) is 11.5 Å². The highest BCUT2D eigenvalue weighted by molar-refractivity contribution is 5.75. The normalized spacial score (nSPS) is 12.7. The summed E-state index contributed by atoms with van der Waals surface area (Å²) in [6, 6.07) is 25.3. The third kappa shape index (κ3) is 7.72. The Morgan fingerprint density at radius 2 is 1.53 bits per heavy atom. The molecule has 32 heavy (non-hydrogen) atoms. The van der Waals surface area contributed by atoms with E-state index in [2.05, 4.69) is 12.2 Å². The minimum absolute atomic E-state index is 0.130. The number of rotatable bonds is 12. The van der Waals surface area contributed by atoms with E-state index in [0.29, 0.717) is 18.9 Å². The number of hydrogen-bond acceptors (Lipinski definition) is 5. The van der Waals surface area contributed by atoms with Gasteiger partial charge in [0.2, 0.25) is 0 Å². The summed E-state index contributed by atoms with van der Waals surface area (Å²) in [6.07, 6.45) is 0.194. The molecule has 0 radical (unpaired) electrons. The highest BCUT2D eigenvalue weighted by Crippen LogP contribution is 2.19. The van der Waals surface area contributed by atoms with Gasteiger partial charge in [0.1, 0.15) is 18.1 Å². The second-order valence-electron chi connectivity index (χ2n) is 7.77. The molecule has 0 heterocycles. The third-order valence-electron chi connectivity index (χ3n) is 5.02. The van der Waals surface area contributed by atoms with Crippen LogP contribution in [0.2, 0.25) is 0 Å². The average molecular weight is 435 g/mol. The van der Waals surface area contributed by atoms with Crippen LogP contribution in [-0.4, -0.2) is 30.2 Å². The highest BCUT2D eigenvalue weighted by Gasteiger charge is 2.11. The van der Waals surface area contributed by atoms with Crippen molar-refractivity contribution in [3.63, 3.8) is 0 Å². The highest BCUT2D eigenvalue weighted by atomic mass is 16.5. The Labute approximate surface area is 189 Å². The molecule has 0 aliphatic carbocycles. The average Bonchev–Trinajstić information content (AvgIpc) is 2.82. The van der Waals surface area contributed by atoms with Crippen molar-refractivity contribution in [2.75, 3.05) is 13.2 Å². The van der Waals surface area contributed by atoms with Crippen LogP contribution < -0.4 is 20.5 Å². The quantitative estimate of drug-likeness (QED) is 0.406. The zero-order chi connectivity index (χ0) is 22.8. The zero-order valence-corrected chi connectivity index (χ0v) is 18.2. The van der Waals surface area contributed by atoms with Crippen molar-refractivity contribution in [2.24, 2.45) is 5.73 Å². The molecule has 4 N–H and O–H groups in total. The van der Waals surface area contributed by atoms with Crippen molar-refractivity contribution in [3.05, 3.63) is 95.6 Å². The van der Waals surface area contributed by atoms with Gasteiger partial charge in [0.15, 0.2) is 6.61 Å². The lowest BCUT2D eigenvalue weighted by atomic mass is 10.1. The van der Waals surface area contributed by atoms with Gasteiger partial charge < -0.3 is 25.6 Å². The van der Waals surface area contributed by atoms with Gasteiger partial charge in [-0.2, -0.15) is 0 Å². The standard InChI is InChI=1S/C26H30N2O4/c1-19(15-20-7-11-23(12-8-20)32-18-26(27)30)28-16-25(29)22-9-13-24(14-10-22)31-17-21-5-3-2-4-6-21/h2-14,19,25,28-29H,15-18H2,1H3,(H2,27,30)/t19-,25-/m1/s1. The van der Waals surface area contributed by atoms with Crippen LogP contribution in [0.1, 0.15) is 29.7 Å². The van der Waals surface area contributed by atoms with Crippen LogP contribution in [0.15, 0.2) is 78.9 Å². The van der Waals surface area contributed by atoms with Crippen molar-refractivity contribution in [1.29, 1.82) is 0 Å². The van der Waals surface area contributed by atoms with E-state index >= 15 is 0 Å². The Bertz CT molecular complexity index is 959. The Hall–Kier alpha value is -3.35. The molecule has 3 aromatic carbocycles. The summed E-state index contributed by atoms with van der Waals surface area (Å²) in [5, 5.41) is 13.9. The first-order valence-corrected chi connectivity index (χ1v) is 10.7. The van der Waals surface area contributed by atoms with E-state index < -0.39 is 12.0 Å². The first kappa shape index (κ1) is 23.3. The number of amides is 1. The number of carbonyl (C=O) groups is 1. The number of ether oxygens (including phenoxy) is 2. The molecule has 0 aliphatic rings. The summed E-state index contributed by atoms with van der Waals surface area (Å²) >= 11 is 0. The molecule has 3 aromatic rings. The van der Waals surface area contributed by atoms with Crippen molar-refractivity contribution >= 4 is 5.91 Å². The molecule has 168 valence electrons. The Balaban J connectivity index is 1.41. The fourth-order valence-corrected chi connectivity index (χ4v) is 3.26. The number of primary amides is 1. The van der Waals surface area contributed by atoms with Gasteiger partial charge in [0.25, 0.3) is 5.91 Å². The summed E-state index contributed by atoms with van der Waals surface area (Å²) in [6.45, 7) is 2.91. The van der Waals surface area contributed by atoms with Crippen LogP contribution >= 0.6 is 0 Å². The predicted octanol–water partition coefficient (Wildman–Crippen LogP) is 3.38. The molecule has 6 nitrogen and oxygen atoms in total. The Morgan fingerprint density at radius 1 is 0.906 bits per heavy atom. The van der Waals surface area contributed by atoms with Gasteiger partial charge in [-0.3, -0.25) is 4.79 Å². The molecule has 0 saturated carbocycles. The Morgan fingerprint density at radius 3 is 2.19 bits per heavy atom. The van der Waals surface area contributed by atoms with Crippen molar-refractivity contribution in [2.45, 2.75) is 32.1 Å². The molecular weight excluding hydrogens is 404 g/mol. The summed E-state index contributed by atoms with van der Waals surface area (Å²) in [5.74, 6) is 0.883. The lowest BCUT2D eigenvalue weighted by Gasteiger charge is -2.18. The monoisotopic (exact) mass is 434 g/mol. The van der Waals surface area contributed by atoms with Gasteiger partial charge in [-0.25, -0.2) is 0 Å². The zero-order valence-electron chi connectivity index (χ0n) is 18.2. The van der Waals surface area contributed by atoms with E-state index in [4.69, 9.17) is 15.2 Å². The minimum Gasteiger partial charge on any atom is -0.489 e. The molecule has 3 rings (SSSR count). The number of nitrogens with two attached hydrogens (primary N) is 1. The van der Waals surface area contributed by atoms with Crippen LogP contribution in [-0.2, 0) is 17.8 Å². The maximum Gasteiger partial charge on any atom is 0.255 e. The van der Waals surface area contributed by atoms with E-state index in [0.717, 1.165) is 28.9 Å². The molecule has 0 aromatic heterocycles. The van der Waals surface area contributed by atoms with Crippen molar-refractivity contribution < 1.29 is 19.4 Å². The second-order valence-corrected chi connectivity index (χ2v) is 7.77. The number of aliphatic hydroxyl groups is 1. The number of aliphatic hydroxyl groups excluding tert-OH is 1. The molecule has 0 saturated heterocycles. The Kier molecular flexibility index (Phi) is 8.66. The number of nitrogens with one attached hydrogen (secondary N) is 1. The SMILES string of the molecule is C[C@H](Cc1ccc(OCC(N)=O)cc1)NC[C@@H](O)c1ccc(OCc2ccccc2)cc1. The van der Waals surface area contributed by atoms with Gasteiger partial charge in [-0.1, -0.05) is 54.6 Å². The van der Waals surface area contributed by atoms with E-state index in [1.54, 1.807) is 0 Å². The molecule has 0 bridgehead atoms. The molecule has 0 spiro atoms. The number of carbonyl (C=O) groups excluding carboxylic acids is 1. The van der Waals surface area contributed by atoms with Gasteiger partial charge in [0.05, 0.1) is 6.10 Å². The lowest BCUT2D eigenvalue weighted by Crippen LogP contribution is -2.32. The lowest BCUT2D eigenvalue weighted by molar-refractivity contribution is -0.119. The maximum absolute atomic E-state index is 10.8. The summed E-state index contributed by atoms with van der Waals surface area (Å²) in [7, 11) is 0. The van der Waals surface area contributed by atoms with Gasteiger partial charge in [0, 0.05) is 12.6 Å². The topological polar surface area (TPSA) is 93.8 Å². The first-order chi connectivity index (χ1) is 15.5. The van der Waals surface area contributed by atoms with E-state index in [9.17, 15) is 9.90 Å². The largest absolute Gasteiger partial charge is 0.489 e. The van der Waals surface area contributed by atoms with E-state index in [1.807, 2.05) is 78.9 Å². The van der Waals surface area contributed by atoms with Gasteiger partial charge in [-0.05, 0) is 54.3 Å². The molecule has 2 atom stereocenters. The van der Waals surface area contributed by atoms with Crippen molar-refractivity contribution in [1.82, 2.24) is 5.32 Å². The van der Waals surface area contributed by atoms with Crippen LogP contribution in [0.4, 0.5) is 0 Å².